The van der Waals surface area contributed by atoms with Crippen LogP contribution in [0.1, 0.15) is 80.9 Å². The lowest BCUT2D eigenvalue weighted by Gasteiger charge is -2.32. The number of methoxy groups -OCH3 is 1. The number of nitriles is 1. The first kappa shape index (κ1) is 34.9. The summed E-state index contributed by atoms with van der Waals surface area (Å²) in [5.41, 5.74) is 4.20. The molecule has 6 heteroatoms. The van der Waals surface area contributed by atoms with Crippen molar-refractivity contribution in [3.05, 3.63) is 76.9 Å². The number of aliphatic hydroxyl groups excluding tert-OH is 1. The van der Waals surface area contributed by atoms with Gasteiger partial charge in [-0.25, -0.2) is 4.79 Å². The molecule has 1 N–H and O–H groups in total. The van der Waals surface area contributed by atoms with Gasteiger partial charge in [-0.15, -0.1) is 0 Å². The van der Waals surface area contributed by atoms with Crippen LogP contribution >= 0.6 is 0 Å². The monoisotopic (exact) mass is 550 g/mol. The van der Waals surface area contributed by atoms with Crippen molar-refractivity contribution in [2.45, 2.75) is 72.1 Å². The molecule has 2 aromatic rings. The number of hydrogen-bond donors (Lipinski definition) is 1. The maximum absolute atomic E-state index is 12.1. The number of likely N-dealkylation sites (N-methyl/N-ethyl adjacent to an activating group) is 1. The lowest BCUT2D eigenvalue weighted by molar-refractivity contribution is 0.0505. The van der Waals surface area contributed by atoms with E-state index in [1.54, 1.807) is 20.1 Å². The van der Waals surface area contributed by atoms with Crippen LogP contribution in [0.5, 0.6) is 5.75 Å². The zero-order valence-corrected chi connectivity index (χ0v) is 25.8. The summed E-state index contributed by atoms with van der Waals surface area (Å²) in [4.78, 5) is 14.4. The summed E-state index contributed by atoms with van der Waals surface area (Å²) in [7, 11) is 3.81. The fourth-order valence-corrected chi connectivity index (χ4v) is 4.52. The predicted molar refractivity (Wildman–Crippen MR) is 164 cm³/mol. The van der Waals surface area contributed by atoms with Crippen molar-refractivity contribution in [1.29, 1.82) is 5.26 Å². The molecule has 1 unspecified atom stereocenters. The van der Waals surface area contributed by atoms with Gasteiger partial charge in [-0.3, -0.25) is 0 Å². The second-order valence-corrected chi connectivity index (χ2v) is 10.7. The third-order valence-electron chi connectivity index (χ3n) is 7.13. The molecule has 0 saturated carbocycles. The summed E-state index contributed by atoms with van der Waals surface area (Å²) in [6.45, 7) is 15.9. The van der Waals surface area contributed by atoms with Crippen molar-refractivity contribution in [3.8, 4) is 11.8 Å². The number of rotatable bonds is 15. The topological polar surface area (TPSA) is 82.8 Å². The molecule has 0 aromatic heterocycles. The highest BCUT2D eigenvalue weighted by atomic mass is 16.5. The highest BCUT2D eigenvalue weighted by Crippen LogP contribution is 2.39. The van der Waals surface area contributed by atoms with Gasteiger partial charge in [0.2, 0.25) is 0 Å². The third kappa shape index (κ3) is 10.8. The SMILES string of the molecule is C=C(C)CO.CCCOC(=O)c1cccc(CCN(C)CCCC(C#N)(c2ccc(CC)c(OC)c2)C(C)C)c1. The molecule has 0 aliphatic heterocycles. The van der Waals surface area contributed by atoms with E-state index in [9.17, 15) is 10.1 Å². The molecule has 0 radical (unpaired) electrons. The molecule has 0 spiro atoms. The molecule has 0 saturated heterocycles. The maximum atomic E-state index is 12.1. The molecule has 0 fully saturated rings. The summed E-state index contributed by atoms with van der Waals surface area (Å²) in [6, 6.07) is 16.6. The van der Waals surface area contributed by atoms with E-state index in [1.807, 2.05) is 19.1 Å². The average molecular weight is 551 g/mol. The van der Waals surface area contributed by atoms with E-state index >= 15 is 0 Å². The van der Waals surface area contributed by atoms with Gasteiger partial charge in [0.05, 0.1) is 37.4 Å². The molecule has 220 valence electrons. The van der Waals surface area contributed by atoms with Gasteiger partial charge in [-0.2, -0.15) is 5.26 Å². The number of carbonyl (C=O) groups is 1. The van der Waals surface area contributed by atoms with Gasteiger partial charge in [-0.05, 0) is 93.4 Å². The average Bonchev–Trinajstić information content (AvgIpc) is 2.97. The minimum atomic E-state index is -0.548. The Morgan fingerprint density at radius 2 is 1.88 bits per heavy atom. The fourth-order valence-electron chi connectivity index (χ4n) is 4.52. The van der Waals surface area contributed by atoms with Gasteiger partial charge in [-0.1, -0.05) is 64.1 Å². The number of benzene rings is 2. The largest absolute Gasteiger partial charge is 0.496 e. The van der Waals surface area contributed by atoms with E-state index in [0.717, 1.165) is 73.2 Å². The summed E-state index contributed by atoms with van der Waals surface area (Å²) in [6.07, 6.45) is 4.28. The lowest BCUT2D eigenvalue weighted by atomic mass is 9.69. The van der Waals surface area contributed by atoms with Crippen LogP contribution in [0.2, 0.25) is 0 Å². The van der Waals surface area contributed by atoms with E-state index in [0.29, 0.717) is 12.2 Å². The van der Waals surface area contributed by atoms with Crippen molar-refractivity contribution in [1.82, 2.24) is 4.90 Å². The van der Waals surface area contributed by atoms with E-state index < -0.39 is 5.41 Å². The van der Waals surface area contributed by atoms with Gasteiger partial charge in [0.25, 0.3) is 0 Å². The number of aryl methyl sites for hydroxylation is 1. The second kappa shape index (κ2) is 18.3. The molecule has 2 rings (SSSR count). The number of aliphatic hydroxyl groups is 1. The molecular weight excluding hydrogens is 500 g/mol. The minimum absolute atomic E-state index is 0.111. The molecule has 1 atom stereocenters. The molecule has 40 heavy (non-hydrogen) atoms. The Labute approximate surface area is 242 Å². The van der Waals surface area contributed by atoms with E-state index in [-0.39, 0.29) is 18.5 Å². The zero-order valence-electron chi connectivity index (χ0n) is 25.8. The van der Waals surface area contributed by atoms with E-state index in [1.165, 1.54) is 0 Å². The van der Waals surface area contributed by atoms with Crippen LogP contribution in [0.25, 0.3) is 0 Å². The molecule has 6 nitrogen and oxygen atoms in total. The molecule has 0 aliphatic rings. The first-order chi connectivity index (χ1) is 19.1. The number of ether oxygens (including phenoxy) is 2. The lowest BCUT2D eigenvalue weighted by Crippen LogP contribution is -2.32. The predicted octanol–water partition coefficient (Wildman–Crippen LogP) is 6.75. The molecule has 0 amide bonds. The van der Waals surface area contributed by atoms with Crippen molar-refractivity contribution >= 4 is 5.97 Å². The zero-order chi connectivity index (χ0) is 30.1. The Bertz CT molecular complexity index is 1110. The Balaban J connectivity index is 0.00000146. The second-order valence-electron chi connectivity index (χ2n) is 10.7. The van der Waals surface area contributed by atoms with Crippen LogP contribution in [0, 0.1) is 17.2 Å². The first-order valence-electron chi connectivity index (χ1n) is 14.4. The van der Waals surface area contributed by atoms with Gasteiger partial charge in [0.1, 0.15) is 5.75 Å². The van der Waals surface area contributed by atoms with Crippen LogP contribution in [0.15, 0.2) is 54.6 Å². The Morgan fingerprint density at radius 1 is 1.18 bits per heavy atom. The normalized spacial score (nSPS) is 12.2. The van der Waals surface area contributed by atoms with Crippen LogP contribution in [0.4, 0.5) is 0 Å². The van der Waals surface area contributed by atoms with Crippen LogP contribution in [-0.4, -0.2) is 56.4 Å². The highest BCUT2D eigenvalue weighted by Gasteiger charge is 2.36. The summed E-state index contributed by atoms with van der Waals surface area (Å²) in [5, 5.41) is 18.3. The van der Waals surface area contributed by atoms with Crippen molar-refractivity contribution in [3.63, 3.8) is 0 Å². The fraction of sp³-hybridized carbons (Fsp3) is 0.529. The van der Waals surface area contributed by atoms with Gasteiger partial charge >= 0.3 is 5.97 Å². The number of hydrogen-bond acceptors (Lipinski definition) is 6. The Kier molecular flexibility index (Phi) is 15.9. The Morgan fingerprint density at radius 3 is 2.42 bits per heavy atom. The van der Waals surface area contributed by atoms with Crippen LogP contribution < -0.4 is 4.74 Å². The Hall–Kier alpha value is -3.14. The molecule has 0 aliphatic carbocycles. The van der Waals surface area contributed by atoms with Gasteiger partial charge in [0.15, 0.2) is 0 Å². The molecular formula is C34H50N2O4. The summed E-state index contributed by atoms with van der Waals surface area (Å²) in [5.74, 6) is 0.792. The van der Waals surface area contributed by atoms with Crippen molar-refractivity contribution in [2.24, 2.45) is 5.92 Å². The maximum Gasteiger partial charge on any atom is 0.338 e. The highest BCUT2D eigenvalue weighted by molar-refractivity contribution is 5.89. The van der Waals surface area contributed by atoms with Gasteiger partial charge in [0, 0.05) is 6.54 Å². The van der Waals surface area contributed by atoms with Crippen molar-refractivity contribution < 1.29 is 19.4 Å². The molecule has 2 aromatic carbocycles. The summed E-state index contributed by atoms with van der Waals surface area (Å²) < 4.78 is 10.9. The van der Waals surface area contributed by atoms with E-state index in [4.69, 9.17) is 14.6 Å². The molecule has 0 heterocycles. The first-order valence-corrected chi connectivity index (χ1v) is 14.4. The standard InChI is InChI=1S/C30H42N2O3.C4H8O/c1-7-19-35-29(33)26-12-9-11-24(20-26)15-18-32(5)17-10-16-30(22-31,23(3)4)27-14-13-25(8-2)28(21-27)34-6;1-4(2)3-5/h9,11-14,20-21,23H,7-8,10,15-19H2,1-6H3;5H,1,3H2,2H3. The number of nitrogens with zero attached hydrogens (tertiary/aromatic N) is 2. The van der Waals surface area contributed by atoms with Crippen LogP contribution in [0.3, 0.4) is 0 Å². The smallest absolute Gasteiger partial charge is 0.338 e. The third-order valence-corrected chi connectivity index (χ3v) is 7.13. The van der Waals surface area contributed by atoms with Crippen LogP contribution in [-0.2, 0) is 23.0 Å². The number of esters is 1. The summed E-state index contributed by atoms with van der Waals surface area (Å²) >= 11 is 0. The molecule has 0 bridgehead atoms. The minimum Gasteiger partial charge on any atom is -0.496 e. The quantitative estimate of drug-likeness (QED) is 0.195. The van der Waals surface area contributed by atoms with E-state index in [2.05, 4.69) is 69.6 Å². The van der Waals surface area contributed by atoms with Gasteiger partial charge < -0.3 is 19.5 Å². The van der Waals surface area contributed by atoms with Crippen molar-refractivity contribution in [2.75, 3.05) is 40.5 Å². The number of carbonyl (C=O) groups excluding carboxylic acids is 1.